The summed E-state index contributed by atoms with van der Waals surface area (Å²) >= 11 is 0. The largest absolute Gasteiger partial charge is 0.497 e. The molecular weight excluding hydrogens is 376 g/mol. The van der Waals surface area contributed by atoms with E-state index in [1.165, 1.54) is 0 Å². The molecular formula is C25H22N2O3. The van der Waals surface area contributed by atoms with Gasteiger partial charge in [0.05, 0.1) is 25.6 Å². The fourth-order valence-electron chi connectivity index (χ4n) is 3.45. The second-order valence-corrected chi connectivity index (χ2v) is 6.84. The van der Waals surface area contributed by atoms with Crippen LogP contribution in [-0.2, 0) is 7.05 Å². The average Bonchev–Trinajstić information content (AvgIpc) is 3.16. The standard InChI is InChI=1S/C25H22N2O3/c1-27-23(18-11-15-21(30-3)16-12-18)22(17-9-13-20(29-2)14-10-17)26-25(27)24(28)19-7-5-4-6-8-19/h4-16H,1-3H3. The molecule has 0 saturated heterocycles. The van der Waals surface area contributed by atoms with Crippen molar-refractivity contribution in [2.24, 2.45) is 7.05 Å². The number of ether oxygens (including phenoxy) is 2. The van der Waals surface area contributed by atoms with Crippen LogP contribution in [0.15, 0.2) is 78.9 Å². The van der Waals surface area contributed by atoms with Crippen molar-refractivity contribution in [1.82, 2.24) is 9.55 Å². The Morgan fingerprint density at radius 2 is 1.30 bits per heavy atom. The molecule has 0 unspecified atom stereocenters. The molecule has 5 heteroatoms. The summed E-state index contributed by atoms with van der Waals surface area (Å²) in [7, 11) is 5.14. The molecule has 0 fully saturated rings. The molecule has 0 spiro atoms. The lowest BCUT2D eigenvalue weighted by Crippen LogP contribution is -2.09. The van der Waals surface area contributed by atoms with Crippen molar-refractivity contribution in [3.8, 4) is 34.0 Å². The molecule has 0 radical (unpaired) electrons. The molecule has 4 aromatic rings. The Hall–Kier alpha value is -3.86. The molecule has 0 atom stereocenters. The van der Waals surface area contributed by atoms with Gasteiger partial charge in [-0.05, 0) is 48.5 Å². The van der Waals surface area contributed by atoms with Crippen molar-refractivity contribution in [3.63, 3.8) is 0 Å². The maximum atomic E-state index is 13.2. The van der Waals surface area contributed by atoms with Crippen LogP contribution in [0.25, 0.3) is 22.5 Å². The first kappa shape index (κ1) is 19.5. The third-order valence-electron chi connectivity index (χ3n) is 5.06. The van der Waals surface area contributed by atoms with Gasteiger partial charge in [-0.1, -0.05) is 30.3 Å². The highest BCUT2D eigenvalue weighted by Crippen LogP contribution is 2.34. The summed E-state index contributed by atoms with van der Waals surface area (Å²) in [5.74, 6) is 1.80. The molecule has 1 heterocycles. The molecule has 30 heavy (non-hydrogen) atoms. The SMILES string of the molecule is COc1ccc(-c2nc(C(=O)c3ccccc3)n(C)c2-c2ccc(OC)cc2)cc1. The summed E-state index contributed by atoms with van der Waals surface area (Å²) < 4.78 is 12.4. The van der Waals surface area contributed by atoms with E-state index in [4.69, 9.17) is 14.5 Å². The summed E-state index contributed by atoms with van der Waals surface area (Å²) in [5.41, 5.74) is 4.06. The maximum absolute atomic E-state index is 13.2. The monoisotopic (exact) mass is 398 g/mol. The summed E-state index contributed by atoms with van der Waals surface area (Å²) in [6.07, 6.45) is 0. The number of carbonyl (C=O) groups excluding carboxylic acids is 1. The van der Waals surface area contributed by atoms with Gasteiger partial charge in [0.25, 0.3) is 0 Å². The number of methoxy groups -OCH3 is 2. The molecule has 3 aromatic carbocycles. The van der Waals surface area contributed by atoms with Gasteiger partial charge in [-0.25, -0.2) is 4.98 Å². The van der Waals surface area contributed by atoms with Crippen LogP contribution in [-0.4, -0.2) is 29.6 Å². The third-order valence-corrected chi connectivity index (χ3v) is 5.06. The summed E-state index contributed by atoms with van der Waals surface area (Å²) in [6.45, 7) is 0. The number of imidazole rings is 1. The van der Waals surface area contributed by atoms with E-state index in [1.807, 2.05) is 78.3 Å². The number of rotatable bonds is 6. The van der Waals surface area contributed by atoms with Crippen molar-refractivity contribution < 1.29 is 14.3 Å². The van der Waals surface area contributed by atoms with E-state index >= 15 is 0 Å². The highest BCUT2D eigenvalue weighted by molar-refractivity contribution is 6.07. The van der Waals surface area contributed by atoms with Gasteiger partial charge in [0, 0.05) is 23.7 Å². The number of hydrogen-bond acceptors (Lipinski definition) is 4. The van der Waals surface area contributed by atoms with Crippen LogP contribution in [0, 0.1) is 0 Å². The Balaban J connectivity index is 1.89. The maximum Gasteiger partial charge on any atom is 0.228 e. The normalized spacial score (nSPS) is 10.6. The van der Waals surface area contributed by atoms with E-state index < -0.39 is 0 Å². The molecule has 0 aliphatic heterocycles. The molecule has 0 aliphatic rings. The minimum absolute atomic E-state index is 0.118. The molecule has 5 nitrogen and oxygen atoms in total. The second-order valence-electron chi connectivity index (χ2n) is 6.84. The Morgan fingerprint density at radius 3 is 1.83 bits per heavy atom. The molecule has 4 rings (SSSR count). The van der Waals surface area contributed by atoms with E-state index in [1.54, 1.807) is 26.4 Å². The van der Waals surface area contributed by atoms with E-state index in [0.717, 1.165) is 34.0 Å². The van der Waals surface area contributed by atoms with Crippen molar-refractivity contribution in [2.75, 3.05) is 14.2 Å². The average molecular weight is 398 g/mol. The van der Waals surface area contributed by atoms with Crippen molar-refractivity contribution in [2.45, 2.75) is 0 Å². The van der Waals surface area contributed by atoms with Crippen LogP contribution in [0.2, 0.25) is 0 Å². The lowest BCUT2D eigenvalue weighted by Gasteiger charge is -2.09. The third kappa shape index (κ3) is 3.57. The van der Waals surface area contributed by atoms with Crippen LogP contribution >= 0.6 is 0 Å². The van der Waals surface area contributed by atoms with Gasteiger partial charge in [-0.2, -0.15) is 0 Å². The van der Waals surface area contributed by atoms with Crippen molar-refractivity contribution >= 4 is 5.78 Å². The minimum atomic E-state index is -0.118. The molecule has 0 amide bonds. The first-order chi connectivity index (χ1) is 14.6. The first-order valence-corrected chi connectivity index (χ1v) is 9.57. The number of aromatic nitrogens is 2. The molecule has 150 valence electrons. The number of nitrogens with zero attached hydrogens (tertiary/aromatic N) is 2. The van der Waals surface area contributed by atoms with E-state index in [-0.39, 0.29) is 5.78 Å². The van der Waals surface area contributed by atoms with Crippen LogP contribution < -0.4 is 9.47 Å². The molecule has 0 saturated carbocycles. The van der Waals surface area contributed by atoms with Gasteiger partial charge in [0.2, 0.25) is 5.78 Å². The number of ketones is 1. The topological polar surface area (TPSA) is 53.3 Å². The van der Waals surface area contributed by atoms with E-state index in [9.17, 15) is 4.79 Å². The van der Waals surface area contributed by atoms with Crippen LogP contribution in [0.1, 0.15) is 16.2 Å². The lowest BCUT2D eigenvalue weighted by molar-refractivity contribution is 0.102. The summed E-state index contributed by atoms with van der Waals surface area (Å²) in [5, 5.41) is 0. The minimum Gasteiger partial charge on any atom is -0.497 e. The Kier molecular flexibility index (Phi) is 5.35. The van der Waals surface area contributed by atoms with Gasteiger partial charge in [0.1, 0.15) is 11.5 Å². The van der Waals surface area contributed by atoms with Crippen molar-refractivity contribution in [3.05, 3.63) is 90.3 Å². The second kappa shape index (κ2) is 8.25. The Morgan fingerprint density at radius 1 is 0.767 bits per heavy atom. The molecule has 0 N–H and O–H groups in total. The van der Waals surface area contributed by atoms with E-state index in [0.29, 0.717) is 11.4 Å². The Bertz CT molecular complexity index is 1160. The molecule has 0 bridgehead atoms. The predicted molar refractivity (Wildman–Crippen MR) is 117 cm³/mol. The summed E-state index contributed by atoms with van der Waals surface area (Å²) in [4.78, 5) is 17.9. The zero-order chi connectivity index (χ0) is 21.1. The predicted octanol–water partition coefficient (Wildman–Crippen LogP) is 5.00. The van der Waals surface area contributed by atoms with Crippen LogP contribution in [0.3, 0.4) is 0 Å². The number of benzene rings is 3. The van der Waals surface area contributed by atoms with Crippen LogP contribution in [0.5, 0.6) is 11.5 Å². The Labute approximate surface area is 175 Å². The lowest BCUT2D eigenvalue weighted by atomic mass is 10.0. The molecule has 0 aliphatic carbocycles. The zero-order valence-electron chi connectivity index (χ0n) is 17.1. The quantitative estimate of drug-likeness (QED) is 0.429. The summed E-state index contributed by atoms with van der Waals surface area (Å²) in [6, 6.07) is 24.6. The highest BCUT2D eigenvalue weighted by atomic mass is 16.5. The van der Waals surface area contributed by atoms with Gasteiger partial charge in [-0.3, -0.25) is 4.79 Å². The smallest absolute Gasteiger partial charge is 0.228 e. The van der Waals surface area contributed by atoms with Gasteiger partial charge < -0.3 is 14.0 Å². The van der Waals surface area contributed by atoms with E-state index in [2.05, 4.69) is 0 Å². The van der Waals surface area contributed by atoms with Crippen LogP contribution in [0.4, 0.5) is 0 Å². The fraction of sp³-hybridized carbons (Fsp3) is 0.120. The number of hydrogen-bond donors (Lipinski definition) is 0. The first-order valence-electron chi connectivity index (χ1n) is 9.57. The highest BCUT2D eigenvalue weighted by Gasteiger charge is 2.23. The zero-order valence-corrected chi connectivity index (χ0v) is 17.1. The molecule has 1 aromatic heterocycles. The van der Waals surface area contributed by atoms with Gasteiger partial charge in [0.15, 0.2) is 5.82 Å². The number of carbonyl (C=O) groups is 1. The van der Waals surface area contributed by atoms with Crippen molar-refractivity contribution in [1.29, 1.82) is 0 Å². The van der Waals surface area contributed by atoms with Gasteiger partial charge in [-0.15, -0.1) is 0 Å². The fourth-order valence-corrected chi connectivity index (χ4v) is 3.45. The van der Waals surface area contributed by atoms with Gasteiger partial charge >= 0.3 is 0 Å².